The molecule has 0 spiro atoms. The maximum Gasteiger partial charge on any atom is 0.343 e. The zero-order valence-corrected chi connectivity index (χ0v) is 16.0. The number of methoxy groups -OCH3 is 2. The number of sulfonamides is 1. The maximum atomic E-state index is 12.5. The number of carbonyl (C=O) groups excluding carboxylic acids is 1. The number of carbonyl (C=O) groups is 1. The summed E-state index contributed by atoms with van der Waals surface area (Å²) in [6, 6.07) is 8.87. The molecule has 0 fully saturated rings. The van der Waals surface area contributed by atoms with E-state index in [0.29, 0.717) is 22.7 Å². The fourth-order valence-electron chi connectivity index (χ4n) is 2.09. The molecule has 0 amide bonds. The molecule has 2 aromatic rings. The number of aryl methyl sites for hydroxylation is 1. The van der Waals surface area contributed by atoms with Gasteiger partial charge in [0.2, 0.25) is 0 Å². The Balaban J connectivity index is 2.19. The summed E-state index contributed by atoms with van der Waals surface area (Å²) in [5.74, 6) is 0.304. The van der Waals surface area contributed by atoms with Crippen LogP contribution in [0, 0.1) is 6.92 Å². The summed E-state index contributed by atoms with van der Waals surface area (Å²) in [5, 5.41) is 0.287. The fourth-order valence-corrected chi connectivity index (χ4v) is 3.48. The highest BCUT2D eigenvalue weighted by Gasteiger charge is 2.17. The molecule has 0 bridgehead atoms. The first-order chi connectivity index (χ1) is 12.3. The lowest BCUT2D eigenvalue weighted by atomic mass is 10.2. The lowest BCUT2D eigenvalue weighted by Crippen LogP contribution is -2.15. The third-order valence-electron chi connectivity index (χ3n) is 3.43. The second kappa shape index (κ2) is 8.29. The minimum absolute atomic E-state index is 0.0485. The Kier molecular flexibility index (Phi) is 6.33. The summed E-state index contributed by atoms with van der Waals surface area (Å²) in [5.41, 5.74) is 0.865. The number of halogens is 1. The highest BCUT2D eigenvalue weighted by Crippen LogP contribution is 2.29. The lowest BCUT2D eigenvalue weighted by Gasteiger charge is -2.12. The Morgan fingerprint density at radius 1 is 1.12 bits per heavy atom. The average molecular weight is 400 g/mol. The first-order valence-electron chi connectivity index (χ1n) is 7.43. The molecule has 0 radical (unpaired) electrons. The second-order valence-corrected chi connectivity index (χ2v) is 7.34. The van der Waals surface area contributed by atoms with Crippen LogP contribution >= 0.6 is 11.6 Å². The summed E-state index contributed by atoms with van der Waals surface area (Å²) in [6.07, 6.45) is 0. The number of esters is 1. The molecule has 0 aliphatic rings. The molecule has 0 heterocycles. The summed E-state index contributed by atoms with van der Waals surface area (Å²) in [7, 11) is -1.10. The molecule has 0 atom stereocenters. The van der Waals surface area contributed by atoms with Crippen molar-refractivity contribution in [3.63, 3.8) is 0 Å². The Labute approximate surface area is 156 Å². The third-order valence-corrected chi connectivity index (χ3v) is 5.11. The molecule has 7 nitrogen and oxygen atoms in total. The van der Waals surface area contributed by atoms with Gasteiger partial charge in [0.1, 0.15) is 11.5 Å². The first-order valence-corrected chi connectivity index (χ1v) is 9.29. The average Bonchev–Trinajstić information content (AvgIpc) is 2.60. The van der Waals surface area contributed by atoms with Gasteiger partial charge in [0, 0.05) is 0 Å². The van der Waals surface area contributed by atoms with Gasteiger partial charge in [-0.2, -0.15) is 0 Å². The minimum atomic E-state index is -3.82. The molecule has 9 heteroatoms. The van der Waals surface area contributed by atoms with Crippen molar-refractivity contribution in [2.75, 3.05) is 25.5 Å². The van der Waals surface area contributed by atoms with Gasteiger partial charge in [0.05, 0.1) is 29.8 Å². The largest absolute Gasteiger partial charge is 0.495 e. The highest BCUT2D eigenvalue weighted by molar-refractivity contribution is 7.92. The van der Waals surface area contributed by atoms with Gasteiger partial charge >= 0.3 is 5.97 Å². The molecular formula is C17H18ClNO6S. The SMILES string of the molecule is COC(=O)COc1ccc(S(=O)(=O)Nc2ccc(OC)c(Cl)c2)cc1C. The first kappa shape index (κ1) is 19.9. The number of nitrogens with one attached hydrogen (secondary N) is 1. The Hall–Kier alpha value is -2.45. The zero-order valence-electron chi connectivity index (χ0n) is 14.4. The number of rotatable bonds is 7. The molecular weight excluding hydrogens is 382 g/mol. The number of hydrogen-bond donors (Lipinski definition) is 1. The van der Waals surface area contributed by atoms with Crippen molar-refractivity contribution in [3.05, 3.63) is 47.0 Å². The minimum Gasteiger partial charge on any atom is -0.495 e. The summed E-state index contributed by atoms with van der Waals surface area (Å²) >= 11 is 6.01. The van der Waals surface area contributed by atoms with Crippen LogP contribution in [0.2, 0.25) is 5.02 Å². The molecule has 2 rings (SSSR count). The van der Waals surface area contributed by atoms with Crippen LogP contribution in [-0.4, -0.2) is 35.2 Å². The van der Waals surface area contributed by atoms with Crippen molar-refractivity contribution in [3.8, 4) is 11.5 Å². The van der Waals surface area contributed by atoms with Gasteiger partial charge < -0.3 is 14.2 Å². The van der Waals surface area contributed by atoms with E-state index >= 15 is 0 Å². The zero-order chi connectivity index (χ0) is 19.3. The van der Waals surface area contributed by atoms with Gasteiger partial charge in [-0.1, -0.05) is 11.6 Å². The van der Waals surface area contributed by atoms with Crippen molar-refractivity contribution >= 4 is 33.3 Å². The predicted molar refractivity (Wildman–Crippen MR) is 97.5 cm³/mol. The van der Waals surface area contributed by atoms with E-state index in [1.165, 1.54) is 38.5 Å². The van der Waals surface area contributed by atoms with Crippen molar-refractivity contribution in [1.82, 2.24) is 0 Å². The smallest absolute Gasteiger partial charge is 0.343 e. The van der Waals surface area contributed by atoms with Gasteiger partial charge in [-0.3, -0.25) is 4.72 Å². The van der Waals surface area contributed by atoms with Gasteiger partial charge in [-0.15, -0.1) is 0 Å². The van der Waals surface area contributed by atoms with E-state index in [1.807, 2.05) is 0 Å². The molecule has 0 aliphatic heterocycles. The van der Waals surface area contributed by atoms with E-state index in [2.05, 4.69) is 9.46 Å². The van der Waals surface area contributed by atoms with Crippen LogP contribution in [0.15, 0.2) is 41.3 Å². The van der Waals surface area contributed by atoms with E-state index in [0.717, 1.165) is 0 Å². The molecule has 26 heavy (non-hydrogen) atoms. The standard InChI is InChI=1S/C17H18ClNO6S/c1-11-8-13(5-7-15(11)25-10-17(20)24-3)26(21,22)19-12-4-6-16(23-2)14(18)9-12/h4-9,19H,10H2,1-3H3. The number of anilines is 1. The Morgan fingerprint density at radius 3 is 2.38 bits per heavy atom. The van der Waals surface area contributed by atoms with E-state index in [-0.39, 0.29) is 16.5 Å². The molecule has 1 N–H and O–H groups in total. The van der Waals surface area contributed by atoms with Crippen molar-refractivity contribution < 1.29 is 27.4 Å². The van der Waals surface area contributed by atoms with Gasteiger partial charge in [0.25, 0.3) is 10.0 Å². The van der Waals surface area contributed by atoms with Crippen molar-refractivity contribution in [2.24, 2.45) is 0 Å². The molecule has 0 saturated carbocycles. The Morgan fingerprint density at radius 2 is 1.81 bits per heavy atom. The van der Waals surface area contributed by atoms with Crippen molar-refractivity contribution in [1.29, 1.82) is 0 Å². The third kappa shape index (κ3) is 4.80. The van der Waals surface area contributed by atoms with E-state index in [4.69, 9.17) is 21.1 Å². The normalized spacial score (nSPS) is 10.9. The van der Waals surface area contributed by atoms with E-state index in [1.54, 1.807) is 19.1 Å². The monoisotopic (exact) mass is 399 g/mol. The quantitative estimate of drug-likeness (QED) is 0.719. The van der Waals surface area contributed by atoms with Gasteiger partial charge in [-0.05, 0) is 48.9 Å². The lowest BCUT2D eigenvalue weighted by molar-refractivity contribution is -0.142. The molecule has 140 valence electrons. The molecule has 0 aliphatic carbocycles. The van der Waals surface area contributed by atoms with Crippen LogP contribution in [0.3, 0.4) is 0 Å². The van der Waals surface area contributed by atoms with Crippen LogP contribution in [0.4, 0.5) is 5.69 Å². The molecule has 2 aromatic carbocycles. The van der Waals surface area contributed by atoms with Crippen LogP contribution in [-0.2, 0) is 19.6 Å². The number of ether oxygens (including phenoxy) is 3. The van der Waals surface area contributed by atoms with E-state index in [9.17, 15) is 13.2 Å². The highest BCUT2D eigenvalue weighted by atomic mass is 35.5. The Bertz CT molecular complexity index is 913. The van der Waals surface area contributed by atoms with Crippen LogP contribution in [0.5, 0.6) is 11.5 Å². The van der Waals surface area contributed by atoms with Gasteiger partial charge in [-0.25, -0.2) is 13.2 Å². The van der Waals surface area contributed by atoms with E-state index < -0.39 is 16.0 Å². The molecule has 0 unspecified atom stereocenters. The topological polar surface area (TPSA) is 90.9 Å². The van der Waals surface area contributed by atoms with Crippen LogP contribution < -0.4 is 14.2 Å². The summed E-state index contributed by atoms with van der Waals surface area (Å²) in [6.45, 7) is 1.42. The van der Waals surface area contributed by atoms with Crippen LogP contribution in [0.1, 0.15) is 5.56 Å². The summed E-state index contributed by atoms with van der Waals surface area (Å²) in [4.78, 5) is 11.2. The van der Waals surface area contributed by atoms with Gasteiger partial charge in [0.15, 0.2) is 6.61 Å². The van der Waals surface area contributed by atoms with Crippen molar-refractivity contribution in [2.45, 2.75) is 11.8 Å². The fraction of sp³-hybridized carbons (Fsp3) is 0.235. The summed E-state index contributed by atoms with van der Waals surface area (Å²) < 4.78 is 42.4. The predicted octanol–water partition coefficient (Wildman–Crippen LogP) is 3.01. The number of benzene rings is 2. The second-order valence-electron chi connectivity index (χ2n) is 5.25. The maximum absolute atomic E-state index is 12.5. The molecule has 0 aromatic heterocycles. The molecule has 0 saturated heterocycles. The number of hydrogen-bond acceptors (Lipinski definition) is 6. The van der Waals surface area contributed by atoms with Crippen LogP contribution in [0.25, 0.3) is 0 Å².